The summed E-state index contributed by atoms with van der Waals surface area (Å²) in [5.41, 5.74) is 1.65. The second-order valence-corrected chi connectivity index (χ2v) is 8.84. The minimum atomic E-state index is -3.06. The first-order valence-corrected chi connectivity index (χ1v) is 11.0. The number of aliphatic hydroxyl groups is 1. The predicted octanol–water partition coefficient (Wildman–Crippen LogP) is 2.89. The zero-order valence-corrected chi connectivity index (χ0v) is 19.4. The van der Waals surface area contributed by atoms with E-state index in [9.17, 15) is 18.7 Å². The first-order chi connectivity index (χ1) is 15.7. The van der Waals surface area contributed by atoms with Gasteiger partial charge in [0, 0.05) is 31.9 Å². The van der Waals surface area contributed by atoms with Crippen molar-refractivity contribution in [1.82, 2.24) is 15.2 Å². The molecule has 2 aromatic rings. The van der Waals surface area contributed by atoms with E-state index < -0.39 is 18.1 Å². The minimum absolute atomic E-state index is 0.0981. The molecule has 2 heterocycles. The zero-order valence-electron chi connectivity index (χ0n) is 19.4. The lowest BCUT2D eigenvalue weighted by Gasteiger charge is -2.50. The quantitative estimate of drug-likeness (QED) is 0.504. The molecule has 0 spiro atoms. The Balaban J connectivity index is 1.93. The van der Waals surface area contributed by atoms with E-state index in [1.165, 1.54) is 6.07 Å². The number of anilines is 1. The molecule has 0 radical (unpaired) electrons. The van der Waals surface area contributed by atoms with Crippen molar-refractivity contribution >= 4 is 11.6 Å². The monoisotopic (exact) mass is 462 g/mol. The van der Waals surface area contributed by atoms with E-state index in [2.05, 4.69) is 34.2 Å². The smallest absolute Gasteiger partial charge is 0.388 e. The molecule has 0 bridgehead atoms. The summed E-state index contributed by atoms with van der Waals surface area (Å²) in [4.78, 5) is 19.7. The number of alkyl halides is 2. The standard InChI is InChI=1S/C24H32F2N4O3/c1-15(2)18-7-5-6-8-19(18)24(13-30(14-24)12-17(31)11-27-4)22(32)29-20-10-9-16(3)28-21(20)33-23(25)26/h5-10,15,17,23,27,31H,11-14H2,1-4H3,(H,29,32)/t17-/m0/s1. The van der Waals surface area contributed by atoms with Gasteiger partial charge in [0.25, 0.3) is 0 Å². The number of aromatic nitrogens is 1. The lowest BCUT2D eigenvalue weighted by molar-refractivity contribution is -0.129. The maximum atomic E-state index is 13.7. The number of carbonyl (C=O) groups excluding carboxylic acids is 1. The molecule has 1 aliphatic rings. The van der Waals surface area contributed by atoms with Gasteiger partial charge in [-0.05, 0) is 43.1 Å². The SMILES string of the molecule is CNC[C@H](O)CN1CC(C(=O)Nc2ccc(C)nc2OC(F)F)(c2ccccc2C(C)C)C1. The number of nitrogens with zero attached hydrogens (tertiary/aromatic N) is 2. The third-order valence-corrected chi connectivity index (χ3v) is 5.88. The Hall–Kier alpha value is -2.62. The number of halogens is 2. The van der Waals surface area contributed by atoms with Gasteiger partial charge in [0.15, 0.2) is 0 Å². The van der Waals surface area contributed by atoms with Crippen LogP contribution in [0.25, 0.3) is 0 Å². The van der Waals surface area contributed by atoms with Crippen molar-refractivity contribution in [2.45, 2.75) is 44.8 Å². The summed E-state index contributed by atoms with van der Waals surface area (Å²) in [6, 6.07) is 10.9. The number of hydrogen-bond donors (Lipinski definition) is 3. The molecule has 1 aromatic heterocycles. The van der Waals surface area contributed by atoms with Crippen molar-refractivity contribution in [2.75, 3.05) is 38.5 Å². The van der Waals surface area contributed by atoms with Gasteiger partial charge in [-0.3, -0.25) is 9.69 Å². The Morgan fingerprint density at radius 1 is 1.24 bits per heavy atom. The second-order valence-electron chi connectivity index (χ2n) is 8.84. The van der Waals surface area contributed by atoms with Gasteiger partial charge in [0.05, 0.1) is 11.5 Å². The van der Waals surface area contributed by atoms with Crippen LogP contribution in [0.15, 0.2) is 36.4 Å². The Kier molecular flexibility index (Phi) is 7.99. The molecule has 0 aliphatic carbocycles. The van der Waals surface area contributed by atoms with Crippen LogP contribution in [-0.2, 0) is 10.2 Å². The van der Waals surface area contributed by atoms with Crippen LogP contribution in [0.2, 0.25) is 0 Å². The van der Waals surface area contributed by atoms with E-state index in [0.29, 0.717) is 31.9 Å². The number of ether oxygens (including phenoxy) is 1. The van der Waals surface area contributed by atoms with Crippen LogP contribution in [0.3, 0.4) is 0 Å². The van der Waals surface area contributed by atoms with Gasteiger partial charge >= 0.3 is 6.61 Å². The third kappa shape index (κ3) is 5.66. The molecular weight excluding hydrogens is 430 g/mol. The fourth-order valence-corrected chi connectivity index (χ4v) is 4.36. The van der Waals surface area contributed by atoms with Crippen LogP contribution in [0.5, 0.6) is 5.88 Å². The molecule has 1 atom stereocenters. The lowest BCUT2D eigenvalue weighted by atomic mass is 9.69. The fourth-order valence-electron chi connectivity index (χ4n) is 4.36. The number of pyridine rings is 1. The zero-order chi connectivity index (χ0) is 24.2. The molecule has 3 N–H and O–H groups in total. The average molecular weight is 463 g/mol. The van der Waals surface area contributed by atoms with Crippen molar-refractivity contribution in [3.63, 3.8) is 0 Å². The van der Waals surface area contributed by atoms with Gasteiger partial charge < -0.3 is 20.5 Å². The Labute approximate surface area is 193 Å². The summed E-state index contributed by atoms with van der Waals surface area (Å²) < 4.78 is 30.4. The number of aryl methyl sites for hydroxylation is 1. The summed E-state index contributed by atoms with van der Waals surface area (Å²) in [6.07, 6.45) is -0.566. The topological polar surface area (TPSA) is 86.7 Å². The first kappa shape index (κ1) is 25.0. The second kappa shape index (κ2) is 10.5. The van der Waals surface area contributed by atoms with Crippen molar-refractivity contribution in [2.24, 2.45) is 0 Å². The van der Waals surface area contributed by atoms with Crippen molar-refractivity contribution in [3.8, 4) is 5.88 Å². The van der Waals surface area contributed by atoms with Crippen LogP contribution in [0, 0.1) is 6.92 Å². The predicted molar refractivity (Wildman–Crippen MR) is 123 cm³/mol. The number of β-amino-alcohol motifs (C(OH)–C–C–N with tert-alkyl or cyclic N) is 1. The summed E-state index contributed by atoms with van der Waals surface area (Å²) >= 11 is 0. The highest BCUT2D eigenvalue weighted by Crippen LogP contribution is 2.40. The van der Waals surface area contributed by atoms with E-state index in [4.69, 9.17) is 0 Å². The van der Waals surface area contributed by atoms with Gasteiger partial charge in [-0.15, -0.1) is 0 Å². The summed E-state index contributed by atoms with van der Waals surface area (Å²) in [7, 11) is 1.77. The molecule has 3 rings (SSSR count). The van der Waals surface area contributed by atoms with Crippen LogP contribution in [0.4, 0.5) is 14.5 Å². The molecule has 9 heteroatoms. The van der Waals surface area contributed by atoms with E-state index in [1.54, 1.807) is 20.0 Å². The van der Waals surface area contributed by atoms with Gasteiger partial charge in [0.2, 0.25) is 11.8 Å². The molecule has 33 heavy (non-hydrogen) atoms. The molecule has 0 unspecified atom stereocenters. The number of nitrogens with one attached hydrogen (secondary N) is 2. The number of rotatable bonds is 10. The molecule has 1 aromatic carbocycles. The summed E-state index contributed by atoms with van der Waals surface area (Å²) in [5, 5.41) is 15.9. The highest BCUT2D eigenvalue weighted by Gasteiger charge is 2.52. The maximum absolute atomic E-state index is 13.7. The summed E-state index contributed by atoms with van der Waals surface area (Å²) in [6.45, 7) is 4.39. The number of carbonyl (C=O) groups is 1. The molecule has 1 amide bonds. The highest BCUT2D eigenvalue weighted by atomic mass is 19.3. The fraction of sp³-hybridized carbons (Fsp3) is 0.500. The minimum Gasteiger partial charge on any atom is -0.415 e. The van der Waals surface area contributed by atoms with E-state index in [1.807, 2.05) is 29.2 Å². The van der Waals surface area contributed by atoms with Crippen LogP contribution >= 0.6 is 0 Å². The number of hydrogen-bond acceptors (Lipinski definition) is 6. The Morgan fingerprint density at radius 3 is 2.58 bits per heavy atom. The Bertz CT molecular complexity index is 964. The van der Waals surface area contributed by atoms with Crippen molar-refractivity contribution in [3.05, 3.63) is 53.2 Å². The van der Waals surface area contributed by atoms with Gasteiger partial charge in [0.1, 0.15) is 5.69 Å². The molecule has 0 saturated carbocycles. The van der Waals surface area contributed by atoms with Crippen LogP contribution in [0.1, 0.15) is 36.6 Å². The van der Waals surface area contributed by atoms with Gasteiger partial charge in [-0.2, -0.15) is 8.78 Å². The highest BCUT2D eigenvalue weighted by molar-refractivity contribution is 6.01. The number of likely N-dealkylation sites (N-methyl/N-ethyl adjacent to an activating group) is 1. The molecule has 1 aliphatic heterocycles. The number of likely N-dealkylation sites (tertiary alicyclic amines) is 1. The molecule has 180 valence electrons. The number of benzene rings is 1. The van der Waals surface area contributed by atoms with Crippen molar-refractivity contribution in [1.29, 1.82) is 0 Å². The normalized spacial score (nSPS) is 16.5. The van der Waals surface area contributed by atoms with E-state index in [-0.39, 0.29) is 23.4 Å². The Morgan fingerprint density at radius 2 is 1.94 bits per heavy atom. The van der Waals surface area contributed by atoms with Gasteiger partial charge in [-0.1, -0.05) is 38.1 Å². The van der Waals surface area contributed by atoms with E-state index >= 15 is 0 Å². The maximum Gasteiger partial charge on any atom is 0.388 e. The molecule has 1 saturated heterocycles. The number of amides is 1. The lowest BCUT2D eigenvalue weighted by Crippen LogP contribution is -2.66. The van der Waals surface area contributed by atoms with Crippen LogP contribution in [-0.4, -0.2) is 66.8 Å². The molecular formula is C24H32F2N4O3. The third-order valence-electron chi connectivity index (χ3n) is 5.88. The first-order valence-electron chi connectivity index (χ1n) is 11.0. The van der Waals surface area contributed by atoms with Crippen molar-refractivity contribution < 1.29 is 23.4 Å². The summed E-state index contributed by atoms with van der Waals surface area (Å²) in [5.74, 6) is -0.445. The van der Waals surface area contributed by atoms with Gasteiger partial charge in [-0.25, -0.2) is 4.98 Å². The van der Waals surface area contributed by atoms with Crippen LogP contribution < -0.4 is 15.4 Å². The number of aliphatic hydroxyl groups excluding tert-OH is 1. The average Bonchev–Trinajstić information content (AvgIpc) is 2.72. The van der Waals surface area contributed by atoms with E-state index in [0.717, 1.165) is 11.1 Å². The molecule has 1 fully saturated rings. The molecule has 7 nitrogen and oxygen atoms in total. The largest absolute Gasteiger partial charge is 0.415 e.